The van der Waals surface area contributed by atoms with Crippen LogP contribution in [0, 0.1) is 0 Å². The van der Waals surface area contributed by atoms with E-state index in [0.717, 1.165) is 5.00 Å². The van der Waals surface area contributed by atoms with E-state index in [1.807, 2.05) is 0 Å². The molecule has 0 spiro atoms. The third-order valence-corrected chi connectivity index (χ3v) is 4.87. The molecule has 17 heavy (non-hydrogen) atoms. The zero-order valence-electron chi connectivity index (χ0n) is 8.94. The monoisotopic (exact) mass is 255 g/mol. The van der Waals surface area contributed by atoms with Crippen molar-refractivity contribution in [3.8, 4) is 0 Å². The zero-order chi connectivity index (χ0) is 11.4. The van der Waals surface area contributed by atoms with Gasteiger partial charge in [-0.15, -0.1) is 22.7 Å². The molecule has 0 saturated heterocycles. The number of hydrogen-bond donors (Lipinski definition) is 1. The van der Waals surface area contributed by atoms with Crippen molar-refractivity contribution in [3.63, 3.8) is 0 Å². The fourth-order valence-corrected chi connectivity index (χ4v) is 3.95. The highest BCUT2D eigenvalue weighted by atomic mass is 32.1. The summed E-state index contributed by atoms with van der Waals surface area (Å²) in [7, 11) is 0. The normalized spacial score (nSPS) is 11.8. The van der Waals surface area contributed by atoms with E-state index < -0.39 is 0 Å². The number of hydrogen-bond acceptors (Lipinski definition) is 3. The molecule has 1 nitrogen and oxygen atoms in total. The van der Waals surface area contributed by atoms with E-state index in [1.54, 1.807) is 22.7 Å². The van der Waals surface area contributed by atoms with Gasteiger partial charge < -0.3 is 5.73 Å². The SMILES string of the molecule is Nc1cc2cc3cc4sccc4cc3cc2s1. The summed E-state index contributed by atoms with van der Waals surface area (Å²) < 4.78 is 2.62. The van der Waals surface area contributed by atoms with Crippen LogP contribution < -0.4 is 5.73 Å². The second kappa shape index (κ2) is 3.22. The molecule has 0 fully saturated rings. The predicted molar refractivity (Wildman–Crippen MR) is 79.1 cm³/mol. The topological polar surface area (TPSA) is 26.0 Å². The molecule has 2 N–H and O–H groups in total. The van der Waals surface area contributed by atoms with E-state index in [9.17, 15) is 0 Å². The van der Waals surface area contributed by atoms with E-state index in [-0.39, 0.29) is 0 Å². The van der Waals surface area contributed by atoms with E-state index in [4.69, 9.17) is 5.73 Å². The summed E-state index contributed by atoms with van der Waals surface area (Å²) in [5, 5.41) is 8.19. The lowest BCUT2D eigenvalue weighted by Crippen LogP contribution is -1.73. The minimum atomic E-state index is 0.886. The van der Waals surface area contributed by atoms with Crippen LogP contribution in [0.5, 0.6) is 0 Å². The van der Waals surface area contributed by atoms with Crippen LogP contribution in [0.25, 0.3) is 30.9 Å². The fraction of sp³-hybridized carbons (Fsp3) is 0. The first-order chi connectivity index (χ1) is 8.29. The first-order valence-corrected chi connectivity index (χ1v) is 7.09. The first kappa shape index (κ1) is 9.45. The molecule has 0 radical (unpaired) electrons. The summed E-state index contributed by atoms with van der Waals surface area (Å²) in [6.45, 7) is 0. The molecule has 4 rings (SSSR count). The van der Waals surface area contributed by atoms with Gasteiger partial charge in [0.2, 0.25) is 0 Å². The molecule has 2 aromatic heterocycles. The number of nitrogens with two attached hydrogens (primary N) is 1. The van der Waals surface area contributed by atoms with Crippen molar-refractivity contribution in [2.45, 2.75) is 0 Å². The highest BCUT2D eigenvalue weighted by Gasteiger charge is 2.04. The van der Waals surface area contributed by atoms with Crippen molar-refractivity contribution in [2.24, 2.45) is 0 Å². The van der Waals surface area contributed by atoms with E-state index in [0.29, 0.717) is 0 Å². The van der Waals surface area contributed by atoms with Crippen LogP contribution in [0.1, 0.15) is 0 Å². The molecule has 4 aromatic rings. The molecule has 0 aliphatic heterocycles. The second-order valence-electron chi connectivity index (χ2n) is 4.20. The summed E-state index contributed by atoms with van der Waals surface area (Å²) in [6, 6.07) is 13.2. The largest absolute Gasteiger partial charge is 0.391 e. The van der Waals surface area contributed by atoms with Gasteiger partial charge in [0.25, 0.3) is 0 Å². The van der Waals surface area contributed by atoms with Crippen LogP contribution in [-0.2, 0) is 0 Å². The van der Waals surface area contributed by atoms with Crippen molar-refractivity contribution >= 4 is 58.6 Å². The first-order valence-electron chi connectivity index (χ1n) is 5.40. The minimum Gasteiger partial charge on any atom is -0.391 e. The Morgan fingerprint density at radius 1 is 0.765 bits per heavy atom. The Kier molecular flexibility index (Phi) is 1.79. The Labute approximate surface area is 106 Å². The maximum atomic E-state index is 5.85. The Hall–Kier alpha value is -1.58. The molecule has 2 aromatic carbocycles. The Morgan fingerprint density at radius 3 is 2.41 bits per heavy atom. The Morgan fingerprint density at radius 2 is 1.53 bits per heavy atom. The van der Waals surface area contributed by atoms with E-state index >= 15 is 0 Å². The highest BCUT2D eigenvalue weighted by Crippen LogP contribution is 2.34. The van der Waals surface area contributed by atoms with Gasteiger partial charge in [0.15, 0.2) is 0 Å². The molecule has 0 saturated carbocycles. The van der Waals surface area contributed by atoms with Gasteiger partial charge in [-0.3, -0.25) is 0 Å². The molecular formula is C14H9NS2. The van der Waals surface area contributed by atoms with Crippen LogP contribution in [0.4, 0.5) is 5.00 Å². The van der Waals surface area contributed by atoms with Gasteiger partial charge in [0.05, 0.1) is 5.00 Å². The lowest BCUT2D eigenvalue weighted by molar-refractivity contribution is 1.93. The van der Waals surface area contributed by atoms with Crippen LogP contribution >= 0.6 is 22.7 Å². The summed E-state index contributed by atoms with van der Waals surface area (Å²) in [4.78, 5) is 0. The molecule has 3 heteroatoms. The van der Waals surface area contributed by atoms with Gasteiger partial charge in [-0.2, -0.15) is 0 Å². The third kappa shape index (κ3) is 1.36. The number of nitrogen functional groups attached to an aromatic ring is 1. The fourth-order valence-electron chi connectivity index (χ4n) is 2.27. The maximum absolute atomic E-state index is 5.85. The number of anilines is 1. The van der Waals surface area contributed by atoms with Crippen molar-refractivity contribution in [3.05, 3.63) is 41.8 Å². The third-order valence-electron chi connectivity index (χ3n) is 3.07. The van der Waals surface area contributed by atoms with Crippen LogP contribution in [0.2, 0.25) is 0 Å². The Bertz CT molecular complexity index is 787. The van der Waals surface area contributed by atoms with Gasteiger partial charge in [-0.25, -0.2) is 0 Å². The van der Waals surface area contributed by atoms with E-state index in [2.05, 4.69) is 41.8 Å². The molecule has 0 amide bonds. The lowest BCUT2D eigenvalue weighted by Gasteiger charge is -1.99. The molecule has 0 aliphatic carbocycles. The number of fused-ring (bicyclic) bond motifs is 3. The number of thiophene rings is 2. The molecule has 0 aliphatic rings. The number of benzene rings is 2. The van der Waals surface area contributed by atoms with Crippen molar-refractivity contribution in [1.82, 2.24) is 0 Å². The molecule has 0 atom stereocenters. The van der Waals surface area contributed by atoms with Gasteiger partial charge >= 0.3 is 0 Å². The average molecular weight is 255 g/mol. The van der Waals surface area contributed by atoms with Gasteiger partial charge in [0, 0.05) is 9.40 Å². The summed E-state index contributed by atoms with van der Waals surface area (Å²) in [5.74, 6) is 0. The predicted octanol–water partition coefficient (Wildman–Crippen LogP) is 4.85. The lowest BCUT2D eigenvalue weighted by atomic mass is 10.1. The van der Waals surface area contributed by atoms with Gasteiger partial charge in [0.1, 0.15) is 0 Å². The average Bonchev–Trinajstić information content (AvgIpc) is 2.86. The van der Waals surface area contributed by atoms with Crippen molar-refractivity contribution < 1.29 is 0 Å². The molecule has 0 unspecified atom stereocenters. The Balaban J connectivity index is 2.21. The summed E-state index contributed by atoms with van der Waals surface area (Å²) in [5.41, 5.74) is 5.85. The summed E-state index contributed by atoms with van der Waals surface area (Å²) in [6.07, 6.45) is 0. The number of rotatable bonds is 0. The standard InChI is InChI=1S/C14H9NS2/c15-14-7-11-4-10-5-12-8(1-2-16-12)3-9(10)6-13(11)17-14/h1-7H,15H2. The van der Waals surface area contributed by atoms with Gasteiger partial charge in [-0.1, -0.05) is 0 Å². The molecular weight excluding hydrogens is 246 g/mol. The molecule has 0 bridgehead atoms. The van der Waals surface area contributed by atoms with E-state index in [1.165, 1.54) is 30.9 Å². The van der Waals surface area contributed by atoms with Crippen LogP contribution in [0.15, 0.2) is 41.8 Å². The van der Waals surface area contributed by atoms with Crippen molar-refractivity contribution in [1.29, 1.82) is 0 Å². The zero-order valence-corrected chi connectivity index (χ0v) is 10.6. The van der Waals surface area contributed by atoms with Crippen molar-refractivity contribution in [2.75, 3.05) is 5.73 Å². The second-order valence-corrected chi connectivity index (χ2v) is 6.26. The van der Waals surface area contributed by atoms with Crippen LogP contribution in [0.3, 0.4) is 0 Å². The van der Waals surface area contributed by atoms with Gasteiger partial charge in [-0.05, 0) is 63.3 Å². The smallest absolute Gasteiger partial charge is 0.0868 e. The van der Waals surface area contributed by atoms with Crippen LogP contribution in [-0.4, -0.2) is 0 Å². The summed E-state index contributed by atoms with van der Waals surface area (Å²) >= 11 is 3.45. The maximum Gasteiger partial charge on any atom is 0.0868 e. The molecule has 82 valence electrons. The quantitative estimate of drug-likeness (QED) is 0.477. The highest BCUT2D eigenvalue weighted by molar-refractivity contribution is 7.22. The minimum absolute atomic E-state index is 0.886. The molecule has 2 heterocycles.